The number of rotatable bonds is 3. The lowest BCUT2D eigenvalue weighted by Gasteiger charge is -2.02. The Hall–Kier alpha value is -1.10. The molecule has 0 bridgehead atoms. The van der Waals surface area contributed by atoms with Gasteiger partial charge in [-0.1, -0.05) is 6.92 Å². The van der Waals surface area contributed by atoms with Crippen molar-refractivity contribution >= 4 is 17.7 Å². The lowest BCUT2D eigenvalue weighted by Crippen LogP contribution is -2.06. The first-order chi connectivity index (χ1) is 6.19. The zero-order chi connectivity index (χ0) is 9.84. The molecule has 0 saturated carbocycles. The first-order valence-electron chi connectivity index (χ1n) is 3.82. The number of carboxylic acids is 1. The highest BCUT2D eigenvalue weighted by molar-refractivity contribution is 7.98. The van der Waals surface area contributed by atoms with Crippen molar-refractivity contribution in [1.82, 2.24) is 9.97 Å². The van der Waals surface area contributed by atoms with Gasteiger partial charge in [0.1, 0.15) is 5.82 Å². The molecule has 1 N–H and O–H groups in total. The first-order valence-corrected chi connectivity index (χ1v) is 5.04. The van der Waals surface area contributed by atoms with Gasteiger partial charge in [0.25, 0.3) is 0 Å². The summed E-state index contributed by atoms with van der Waals surface area (Å²) < 4.78 is 0. The monoisotopic (exact) mass is 198 g/mol. The van der Waals surface area contributed by atoms with Gasteiger partial charge in [0.2, 0.25) is 0 Å². The van der Waals surface area contributed by atoms with Crippen LogP contribution in [0.1, 0.15) is 23.2 Å². The number of hydrogen-bond acceptors (Lipinski definition) is 4. The third-order valence-corrected chi connectivity index (χ3v) is 2.28. The topological polar surface area (TPSA) is 63.1 Å². The first kappa shape index (κ1) is 9.98. The fourth-order valence-electron chi connectivity index (χ4n) is 0.880. The van der Waals surface area contributed by atoms with Crippen LogP contribution < -0.4 is 0 Å². The van der Waals surface area contributed by atoms with Gasteiger partial charge in [-0.25, -0.2) is 14.8 Å². The highest BCUT2D eigenvalue weighted by Crippen LogP contribution is 2.17. The Balaban J connectivity index is 3.18. The summed E-state index contributed by atoms with van der Waals surface area (Å²) in [5.41, 5.74) is 0.0966. The highest BCUT2D eigenvalue weighted by atomic mass is 32.2. The van der Waals surface area contributed by atoms with E-state index in [9.17, 15) is 4.79 Å². The van der Waals surface area contributed by atoms with Gasteiger partial charge in [0.15, 0.2) is 5.69 Å². The summed E-state index contributed by atoms with van der Waals surface area (Å²) in [6, 6.07) is 0. The summed E-state index contributed by atoms with van der Waals surface area (Å²) in [6.45, 7) is 1.89. The van der Waals surface area contributed by atoms with Gasteiger partial charge in [-0.05, 0) is 6.26 Å². The molecular weight excluding hydrogens is 188 g/mol. The Morgan fingerprint density at radius 2 is 2.38 bits per heavy atom. The van der Waals surface area contributed by atoms with E-state index in [2.05, 4.69) is 9.97 Å². The van der Waals surface area contributed by atoms with Gasteiger partial charge in [-0.2, -0.15) is 0 Å². The van der Waals surface area contributed by atoms with E-state index in [0.29, 0.717) is 17.1 Å². The van der Waals surface area contributed by atoms with Crippen molar-refractivity contribution < 1.29 is 9.90 Å². The Morgan fingerprint density at radius 3 is 2.85 bits per heavy atom. The van der Waals surface area contributed by atoms with Crippen LogP contribution in [0.5, 0.6) is 0 Å². The number of aryl methyl sites for hydroxylation is 1. The van der Waals surface area contributed by atoms with Crippen molar-refractivity contribution in [1.29, 1.82) is 0 Å². The Bertz CT molecular complexity index is 328. The molecule has 70 valence electrons. The lowest BCUT2D eigenvalue weighted by atomic mass is 10.3. The molecule has 0 radical (unpaired) electrons. The molecule has 5 heteroatoms. The van der Waals surface area contributed by atoms with E-state index < -0.39 is 5.97 Å². The summed E-state index contributed by atoms with van der Waals surface area (Å²) in [5, 5.41) is 8.81. The fraction of sp³-hybridized carbons (Fsp3) is 0.375. The summed E-state index contributed by atoms with van der Waals surface area (Å²) >= 11 is 1.34. The van der Waals surface area contributed by atoms with Crippen LogP contribution in [-0.2, 0) is 6.42 Å². The van der Waals surface area contributed by atoms with Crippen molar-refractivity contribution in [3.63, 3.8) is 0 Å². The number of aromatic carboxylic acids is 1. The third kappa shape index (κ3) is 2.18. The van der Waals surface area contributed by atoms with Crippen LogP contribution in [0.3, 0.4) is 0 Å². The Kier molecular flexibility index (Phi) is 3.25. The molecule has 0 aromatic carbocycles. The average molecular weight is 198 g/mol. The van der Waals surface area contributed by atoms with Crippen LogP contribution in [-0.4, -0.2) is 27.3 Å². The van der Waals surface area contributed by atoms with Gasteiger partial charge >= 0.3 is 5.97 Å². The maximum absolute atomic E-state index is 10.7. The summed E-state index contributed by atoms with van der Waals surface area (Å²) in [7, 11) is 0. The van der Waals surface area contributed by atoms with E-state index in [1.54, 1.807) is 12.5 Å². The molecule has 1 rings (SSSR count). The van der Waals surface area contributed by atoms with Gasteiger partial charge in [-0.3, -0.25) is 0 Å². The van der Waals surface area contributed by atoms with E-state index >= 15 is 0 Å². The van der Waals surface area contributed by atoms with Crippen molar-refractivity contribution in [2.75, 3.05) is 6.26 Å². The van der Waals surface area contributed by atoms with Gasteiger partial charge < -0.3 is 5.11 Å². The molecule has 0 amide bonds. The largest absolute Gasteiger partial charge is 0.476 e. The molecule has 0 aliphatic rings. The minimum atomic E-state index is -0.999. The average Bonchev–Trinajstić information content (AvgIpc) is 2.16. The Morgan fingerprint density at radius 1 is 1.69 bits per heavy atom. The van der Waals surface area contributed by atoms with Crippen LogP contribution >= 0.6 is 11.8 Å². The number of carbonyl (C=O) groups is 1. The van der Waals surface area contributed by atoms with Crippen LogP contribution in [0, 0.1) is 0 Å². The van der Waals surface area contributed by atoms with Crippen LogP contribution in [0.15, 0.2) is 11.1 Å². The van der Waals surface area contributed by atoms with Gasteiger partial charge in [0.05, 0.1) is 4.90 Å². The Labute approximate surface area is 80.4 Å². The molecular formula is C8H10N2O2S. The maximum Gasteiger partial charge on any atom is 0.355 e. The maximum atomic E-state index is 10.7. The predicted molar refractivity (Wildman–Crippen MR) is 50.2 cm³/mol. The molecule has 0 unspecified atom stereocenters. The molecule has 0 spiro atoms. The number of aromatic nitrogens is 2. The van der Waals surface area contributed by atoms with Crippen molar-refractivity contribution in [3.05, 3.63) is 17.7 Å². The molecule has 0 aliphatic carbocycles. The molecule has 13 heavy (non-hydrogen) atoms. The minimum Gasteiger partial charge on any atom is -0.476 e. The number of nitrogens with zero attached hydrogens (tertiary/aromatic N) is 2. The lowest BCUT2D eigenvalue weighted by molar-refractivity contribution is 0.0685. The normalized spacial score (nSPS) is 10.0. The van der Waals surface area contributed by atoms with Gasteiger partial charge in [-0.15, -0.1) is 11.8 Å². The van der Waals surface area contributed by atoms with E-state index in [1.807, 2.05) is 6.92 Å². The zero-order valence-corrected chi connectivity index (χ0v) is 8.26. The molecule has 0 aliphatic heterocycles. The number of thioether (sulfide) groups is 1. The predicted octanol–water partition coefficient (Wildman–Crippen LogP) is 1.46. The molecule has 4 nitrogen and oxygen atoms in total. The van der Waals surface area contributed by atoms with Crippen molar-refractivity contribution in [2.45, 2.75) is 18.2 Å². The van der Waals surface area contributed by atoms with Crippen molar-refractivity contribution in [2.24, 2.45) is 0 Å². The summed E-state index contributed by atoms with van der Waals surface area (Å²) in [5.74, 6) is -0.434. The molecule has 1 heterocycles. The van der Waals surface area contributed by atoms with Crippen molar-refractivity contribution in [3.8, 4) is 0 Å². The van der Waals surface area contributed by atoms with E-state index in [1.165, 1.54) is 11.8 Å². The molecule has 0 atom stereocenters. The molecule has 1 aromatic rings. The van der Waals surface area contributed by atoms with Crippen LogP contribution in [0.2, 0.25) is 0 Å². The van der Waals surface area contributed by atoms with E-state index in [0.717, 1.165) is 0 Å². The minimum absolute atomic E-state index is 0.0966. The molecule has 0 fully saturated rings. The second kappa shape index (κ2) is 4.23. The van der Waals surface area contributed by atoms with E-state index in [4.69, 9.17) is 5.11 Å². The van der Waals surface area contributed by atoms with Crippen LogP contribution in [0.25, 0.3) is 0 Å². The smallest absolute Gasteiger partial charge is 0.355 e. The number of hydrogen-bond donors (Lipinski definition) is 1. The highest BCUT2D eigenvalue weighted by Gasteiger charge is 2.12. The zero-order valence-electron chi connectivity index (χ0n) is 7.44. The third-order valence-electron chi connectivity index (χ3n) is 1.54. The van der Waals surface area contributed by atoms with Gasteiger partial charge in [0, 0.05) is 12.6 Å². The SMILES string of the molecule is CCc1ncc(SC)c(C(=O)O)n1. The fourth-order valence-corrected chi connectivity index (χ4v) is 1.36. The second-order valence-corrected chi connectivity index (χ2v) is 3.21. The summed E-state index contributed by atoms with van der Waals surface area (Å²) in [6.07, 6.45) is 4.01. The second-order valence-electron chi connectivity index (χ2n) is 2.36. The molecule has 0 saturated heterocycles. The van der Waals surface area contributed by atoms with Crippen LogP contribution in [0.4, 0.5) is 0 Å². The molecule has 1 aromatic heterocycles. The van der Waals surface area contributed by atoms with E-state index in [-0.39, 0.29) is 5.69 Å². The summed E-state index contributed by atoms with van der Waals surface area (Å²) in [4.78, 5) is 19.3. The standard InChI is InChI=1S/C8H10N2O2S/c1-3-6-9-4-5(13-2)7(10-6)8(11)12/h4H,3H2,1-2H3,(H,11,12). The number of carboxylic acid groups (broad SMARTS) is 1. The quantitative estimate of drug-likeness (QED) is 0.745.